The SMILES string of the molecule is Cc1noc2nc(-c3cccs3)cc(C(=O)OCC(=O)N(CCC#N)c3ccccc3)c12. The Morgan fingerprint density at radius 3 is 2.75 bits per heavy atom. The van der Waals surface area contributed by atoms with Crippen molar-refractivity contribution in [1.82, 2.24) is 10.1 Å². The summed E-state index contributed by atoms with van der Waals surface area (Å²) < 4.78 is 10.6. The highest BCUT2D eigenvalue weighted by molar-refractivity contribution is 7.13. The van der Waals surface area contributed by atoms with Gasteiger partial charge in [0.1, 0.15) is 0 Å². The maximum atomic E-state index is 13.0. The summed E-state index contributed by atoms with van der Waals surface area (Å²) in [7, 11) is 0. The second-order valence-electron chi connectivity index (χ2n) is 6.85. The van der Waals surface area contributed by atoms with Crippen molar-refractivity contribution in [2.45, 2.75) is 13.3 Å². The van der Waals surface area contributed by atoms with Gasteiger partial charge in [-0.05, 0) is 36.6 Å². The molecule has 0 N–H and O–H groups in total. The number of thiophene rings is 1. The number of esters is 1. The van der Waals surface area contributed by atoms with Crippen LogP contribution in [0.15, 0.2) is 58.4 Å². The van der Waals surface area contributed by atoms with Gasteiger partial charge in [0.2, 0.25) is 0 Å². The summed E-state index contributed by atoms with van der Waals surface area (Å²) in [5.74, 6) is -1.10. The number of aromatic nitrogens is 2. The fourth-order valence-electron chi connectivity index (χ4n) is 3.26. The van der Waals surface area contributed by atoms with Crippen LogP contribution in [0.2, 0.25) is 0 Å². The highest BCUT2D eigenvalue weighted by Crippen LogP contribution is 2.29. The first-order valence-corrected chi connectivity index (χ1v) is 10.7. The van der Waals surface area contributed by atoms with E-state index in [2.05, 4.69) is 10.1 Å². The normalized spacial score (nSPS) is 10.6. The average Bonchev–Trinajstić information content (AvgIpc) is 3.48. The van der Waals surface area contributed by atoms with Gasteiger partial charge in [-0.2, -0.15) is 5.26 Å². The number of pyridine rings is 1. The maximum Gasteiger partial charge on any atom is 0.339 e. The van der Waals surface area contributed by atoms with Crippen LogP contribution in [0.4, 0.5) is 5.69 Å². The lowest BCUT2D eigenvalue weighted by atomic mass is 10.1. The second kappa shape index (κ2) is 9.41. The van der Waals surface area contributed by atoms with Crippen LogP contribution in [0.3, 0.4) is 0 Å². The van der Waals surface area contributed by atoms with Crippen LogP contribution in [0, 0.1) is 18.3 Å². The van der Waals surface area contributed by atoms with E-state index >= 15 is 0 Å². The number of carbonyl (C=O) groups excluding carboxylic acids is 2. The topological polar surface area (TPSA) is 109 Å². The summed E-state index contributed by atoms with van der Waals surface area (Å²) in [5, 5.41) is 15.2. The number of ether oxygens (including phenoxy) is 1. The Balaban J connectivity index is 1.58. The first kappa shape index (κ1) is 21.2. The summed E-state index contributed by atoms with van der Waals surface area (Å²) in [5.41, 5.74) is 2.15. The number of nitriles is 1. The van der Waals surface area contributed by atoms with Crippen LogP contribution in [0.5, 0.6) is 0 Å². The van der Waals surface area contributed by atoms with E-state index in [1.54, 1.807) is 37.3 Å². The van der Waals surface area contributed by atoms with Gasteiger partial charge in [0, 0.05) is 12.2 Å². The molecule has 32 heavy (non-hydrogen) atoms. The molecule has 0 atom stereocenters. The highest BCUT2D eigenvalue weighted by Gasteiger charge is 2.23. The Kier molecular flexibility index (Phi) is 6.24. The van der Waals surface area contributed by atoms with Crippen molar-refractivity contribution >= 4 is 40.0 Å². The summed E-state index contributed by atoms with van der Waals surface area (Å²) in [6, 6.07) is 16.4. The zero-order valence-electron chi connectivity index (χ0n) is 17.1. The van der Waals surface area contributed by atoms with Gasteiger partial charge in [-0.25, -0.2) is 9.78 Å². The number of nitrogens with zero attached hydrogens (tertiary/aromatic N) is 4. The number of fused-ring (bicyclic) bond motifs is 1. The molecule has 3 heterocycles. The Morgan fingerprint density at radius 2 is 2.03 bits per heavy atom. The van der Waals surface area contributed by atoms with Gasteiger partial charge in [0.25, 0.3) is 11.6 Å². The lowest BCUT2D eigenvalue weighted by Crippen LogP contribution is -2.35. The molecule has 1 amide bonds. The van der Waals surface area contributed by atoms with Crippen molar-refractivity contribution in [3.63, 3.8) is 0 Å². The van der Waals surface area contributed by atoms with E-state index in [9.17, 15) is 9.59 Å². The lowest BCUT2D eigenvalue weighted by molar-refractivity contribution is -0.121. The van der Waals surface area contributed by atoms with Gasteiger partial charge in [-0.3, -0.25) is 4.79 Å². The maximum absolute atomic E-state index is 13.0. The summed E-state index contributed by atoms with van der Waals surface area (Å²) in [6.45, 7) is 1.44. The fourth-order valence-corrected chi connectivity index (χ4v) is 3.94. The monoisotopic (exact) mass is 446 g/mol. The number of hydrogen-bond acceptors (Lipinski definition) is 8. The Hall–Kier alpha value is -4.03. The summed E-state index contributed by atoms with van der Waals surface area (Å²) in [6.07, 6.45) is 0.156. The van der Waals surface area contributed by atoms with E-state index < -0.39 is 18.5 Å². The minimum Gasteiger partial charge on any atom is -0.452 e. The van der Waals surface area contributed by atoms with Crippen LogP contribution >= 0.6 is 11.3 Å². The fraction of sp³-hybridized carbons (Fsp3) is 0.174. The molecule has 0 saturated carbocycles. The number of carbonyl (C=O) groups is 2. The lowest BCUT2D eigenvalue weighted by Gasteiger charge is -2.21. The third-order valence-electron chi connectivity index (χ3n) is 4.75. The van der Waals surface area contributed by atoms with E-state index in [0.29, 0.717) is 22.5 Å². The minimum absolute atomic E-state index is 0.156. The van der Waals surface area contributed by atoms with E-state index in [4.69, 9.17) is 14.5 Å². The number of benzene rings is 1. The van der Waals surface area contributed by atoms with Crippen molar-refractivity contribution in [1.29, 1.82) is 5.26 Å². The largest absolute Gasteiger partial charge is 0.452 e. The smallest absolute Gasteiger partial charge is 0.339 e. The van der Waals surface area contributed by atoms with Gasteiger partial charge >= 0.3 is 5.97 Å². The average molecular weight is 446 g/mol. The molecule has 3 aromatic heterocycles. The predicted molar refractivity (Wildman–Crippen MR) is 119 cm³/mol. The molecule has 0 bridgehead atoms. The number of anilines is 1. The van der Waals surface area contributed by atoms with Crippen molar-refractivity contribution in [3.05, 3.63) is 65.2 Å². The second-order valence-corrected chi connectivity index (χ2v) is 7.79. The first-order valence-electron chi connectivity index (χ1n) is 9.79. The van der Waals surface area contributed by atoms with Crippen molar-refractivity contribution < 1.29 is 18.8 Å². The Labute approximate surface area is 187 Å². The predicted octanol–water partition coefficient (Wildman–Crippen LogP) is 4.36. The molecule has 160 valence electrons. The molecule has 0 fully saturated rings. The van der Waals surface area contributed by atoms with Crippen molar-refractivity contribution in [3.8, 4) is 16.6 Å². The van der Waals surface area contributed by atoms with Gasteiger partial charge in [0.05, 0.1) is 39.7 Å². The van der Waals surface area contributed by atoms with E-state index in [-0.39, 0.29) is 24.2 Å². The Morgan fingerprint density at radius 1 is 1.22 bits per heavy atom. The van der Waals surface area contributed by atoms with Crippen molar-refractivity contribution in [2.24, 2.45) is 0 Å². The quantitative estimate of drug-likeness (QED) is 0.388. The summed E-state index contributed by atoms with van der Waals surface area (Å²) in [4.78, 5) is 32.5. The first-order chi connectivity index (χ1) is 15.6. The molecule has 8 nitrogen and oxygen atoms in total. The molecule has 4 rings (SSSR count). The molecule has 0 aliphatic carbocycles. The van der Waals surface area contributed by atoms with Crippen LogP contribution in [0.1, 0.15) is 22.5 Å². The number of para-hydroxylation sites is 1. The molecule has 4 aromatic rings. The van der Waals surface area contributed by atoms with Gasteiger partial charge < -0.3 is 14.2 Å². The molecule has 0 spiro atoms. The van der Waals surface area contributed by atoms with Gasteiger partial charge in [-0.15, -0.1) is 11.3 Å². The van der Waals surface area contributed by atoms with Gasteiger partial charge in [0.15, 0.2) is 6.61 Å². The molecular formula is C23H18N4O4S. The number of aryl methyl sites for hydroxylation is 1. The molecule has 1 aromatic carbocycles. The van der Waals surface area contributed by atoms with Crippen LogP contribution in [-0.4, -0.2) is 35.2 Å². The number of hydrogen-bond donors (Lipinski definition) is 0. The standard InChI is InChI=1S/C23H18N4O4S/c1-15-21-17(13-18(19-9-5-12-32-19)25-22(21)31-26-15)23(29)30-14-20(28)27(11-6-10-24)16-7-3-2-4-8-16/h2-5,7-9,12-13H,6,11,14H2,1H3. The van der Waals surface area contributed by atoms with Crippen molar-refractivity contribution in [2.75, 3.05) is 18.1 Å². The van der Waals surface area contributed by atoms with Crippen LogP contribution < -0.4 is 4.90 Å². The number of rotatable bonds is 7. The molecule has 0 aliphatic heterocycles. The molecule has 0 unspecified atom stereocenters. The van der Waals surface area contributed by atoms with E-state index in [1.807, 2.05) is 29.6 Å². The third kappa shape index (κ3) is 4.36. The van der Waals surface area contributed by atoms with E-state index in [0.717, 1.165) is 4.88 Å². The van der Waals surface area contributed by atoms with Gasteiger partial charge in [-0.1, -0.05) is 29.4 Å². The van der Waals surface area contributed by atoms with Crippen LogP contribution in [0.25, 0.3) is 21.7 Å². The molecule has 0 aliphatic rings. The molecule has 0 radical (unpaired) electrons. The molecule has 9 heteroatoms. The third-order valence-corrected chi connectivity index (χ3v) is 5.65. The highest BCUT2D eigenvalue weighted by atomic mass is 32.1. The zero-order valence-corrected chi connectivity index (χ0v) is 18.0. The molecule has 0 saturated heterocycles. The number of amides is 1. The van der Waals surface area contributed by atoms with E-state index in [1.165, 1.54) is 16.2 Å². The zero-order chi connectivity index (χ0) is 22.5. The molecular weight excluding hydrogens is 428 g/mol. The Bertz CT molecular complexity index is 1290. The minimum atomic E-state index is -0.678. The summed E-state index contributed by atoms with van der Waals surface area (Å²) >= 11 is 1.48. The van der Waals surface area contributed by atoms with Crippen LogP contribution in [-0.2, 0) is 9.53 Å².